The molecular formula is C15H21N3. The van der Waals surface area contributed by atoms with Crippen LogP contribution in [0.1, 0.15) is 26.7 Å². The fraction of sp³-hybridized carbons (Fsp3) is 0.400. The Bertz CT molecular complexity index is 520. The number of nitrogen functional groups attached to an aromatic ring is 1. The first-order valence-corrected chi connectivity index (χ1v) is 6.54. The van der Waals surface area contributed by atoms with Crippen LogP contribution in [-0.2, 0) is 0 Å². The Hall–Kier alpha value is -1.77. The van der Waals surface area contributed by atoms with E-state index in [9.17, 15) is 0 Å². The fourth-order valence-corrected chi connectivity index (χ4v) is 2.08. The number of pyridine rings is 1. The molecule has 0 saturated carbocycles. The predicted molar refractivity (Wildman–Crippen MR) is 78.7 cm³/mol. The smallest absolute Gasteiger partial charge is 0.0630 e. The lowest BCUT2D eigenvalue weighted by atomic mass is 10.1. The zero-order chi connectivity index (χ0) is 13.0. The summed E-state index contributed by atoms with van der Waals surface area (Å²) in [5.74, 6) is 0.756. The van der Waals surface area contributed by atoms with Gasteiger partial charge in [-0.1, -0.05) is 19.9 Å². The van der Waals surface area contributed by atoms with Gasteiger partial charge in [-0.2, -0.15) is 0 Å². The zero-order valence-electron chi connectivity index (χ0n) is 11.1. The number of nitrogens with one attached hydrogen (secondary N) is 1. The van der Waals surface area contributed by atoms with E-state index >= 15 is 0 Å². The van der Waals surface area contributed by atoms with E-state index in [-0.39, 0.29) is 0 Å². The van der Waals surface area contributed by atoms with Gasteiger partial charge in [-0.15, -0.1) is 0 Å². The predicted octanol–water partition coefficient (Wildman–Crippen LogP) is 3.67. The molecule has 1 heterocycles. The molecule has 3 N–H and O–H groups in total. The van der Waals surface area contributed by atoms with Gasteiger partial charge < -0.3 is 11.1 Å². The monoisotopic (exact) mass is 243 g/mol. The maximum Gasteiger partial charge on any atom is 0.0630 e. The van der Waals surface area contributed by atoms with Crippen molar-refractivity contribution in [3.8, 4) is 0 Å². The van der Waals surface area contributed by atoms with Crippen molar-refractivity contribution in [1.29, 1.82) is 0 Å². The standard InChI is InChI=1S/C15H21N3/c1-11(2)4-3-8-18-14-6-5-12-10-17-9-7-13(12)15(14)16/h5-7,9-11,18H,3-4,8,16H2,1-2H3. The fourth-order valence-electron chi connectivity index (χ4n) is 2.08. The van der Waals surface area contributed by atoms with E-state index in [1.807, 2.05) is 18.3 Å². The van der Waals surface area contributed by atoms with Gasteiger partial charge in [0.15, 0.2) is 0 Å². The van der Waals surface area contributed by atoms with Crippen LogP contribution in [0.15, 0.2) is 30.6 Å². The molecule has 0 saturated heterocycles. The molecule has 0 unspecified atom stereocenters. The molecule has 1 aromatic carbocycles. The van der Waals surface area contributed by atoms with Crippen LogP contribution in [0.25, 0.3) is 10.8 Å². The second-order valence-corrected chi connectivity index (χ2v) is 5.09. The van der Waals surface area contributed by atoms with Crippen molar-refractivity contribution in [2.75, 3.05) is 17.6 Å². The average Bonchev–Trinajstić information content (AvgIpc) is 2.37. The Balaban J connectivity index is 2.07. The molecule has 2 aromatic rings. The lowest BCUT2D eigenvalue weighted by Crippen LogP contribution is -2.05. The maximum absolute atomic E-state index is 6.17. The molecule has 0 spiro atoms. The summed E-state index contributed by atoms with van der Waals surface area (Å²) < 4.78 is 0. The molecule has 0 aliphatic carbocycles. The lowest BCUT2D eigenvalue weighted by molar-refractivity contribution is 0.567. The summed E-state index contributed by atoms with van der Waals surface area (Å²) in [6, 6.07) is 6.06. The molecule has 3 heteroatoms. The molecule has 18 heavy (non-hydrogen) atoms. The maximum atomic E-state index is 6.17. The van der Waals surface area contributed by atoms with Gasteiger partial charge in [0, 0.05) is 29.7 Å². The molecule has 1 aromatic heterocycles. The van der Waals surface area contributed by atoms with E-state index < -0.39 is 0 Å². The topological polar surface area (TPSA) is 50.9 Å². The Morgan fingerprint density at radius 1 is 1.28 bits per heavy atom. The highest BCUT2D eigenvalue weighted by atomic mass is 14.9. The van der Waals surface area contributed by atoms with Gasteiger partial charge in [0.2, 0.25) is 0 Å². The second-order valence-electron chi connectivity index (χ2n) is 5.09. The van der Waals surface area contributed by atoms with Crippen LogP contribution >= 0.6 is 0 Å². The number of hydrogen-bond donors (Lipinski definition) is 2. The minimum Gasteiger partial charge on any atom is -0.397 e. The number of hydrogen-bond acceptors (Lipinski definition) is 3. The first kappa shape index (κ1) is 12.7. The first-order valence-electron chi connectivity index (χ1n) is 6.54. The Morgan fingerprint density at radius 3 is 2.89 bits per heavy atom. The molecule has 0 aliphatic rings. The van der Waals surface area contributed by atoms with Gasteiger partial charge >= 0.3 is 0 Å². The SMILES string of the molecule is CC(C)CCCNc1ccc2cnccc2c1N. The normalized spacial score (nSPS) is 11.1. The number of anilines is 2. The van der Waals surface area contributed by atoms with Crippen molar-refractivity contribution in [1.82, 2.24) is 4.98 Å². The molecule has 0 radical (unpaired) electrons. The largest absolute Gasteiger partial charge is 0.397 e. The van der Waals surface area contributed by atoms with Crippen LogP contribution < -0.4 is 11.1 Å². The third-order valence-electron chi connectivity index (χ3n) is 3.14. The zero-order valence-corrected chi connectivity index (χ0v) is 11.1. The van der Waals surface area contributed by atoms with E-state index in [0.717, 1.165) is 34.6 Å². The molecule has 0 amide bonds. The van der Waals surface area contributed by atoms with Crippen molar-refractivity contribution in [2.45, 2.75) is 26.7 Å². The van der Waals surface area contributed by atoms with Crippen LogP contribution in [0.3, 0.4) is 0 Å². The lowest BCUT2D eigenvalue weighted by Gasteiger charge is -2.12. The number of nitrogens with two attached hydrogens (primary N) is 1. The number of rotatable bonds is 5. The summed E-state index contributed by atoms with van der Waals surface area (Å²) >= 11 is 0. The van der Waals surface area contributed by atoms with Gasteiger partial charge in [0.25, 0.3) is 0 Å². The van der Waals surface area contributed by atoms with Crippen LogP contribution in [0.2, 0.25) is 0 Å². The molecule has 0 bridgehead atoms. The van der Waals surface area contributed by atoms with E-state index in [1.165, 1.54) is 12.8 Å². The summed E-state index contributed by atoms with van der Waals surface area (Å²) in [4.78, 5) is 4.10. The van der Waals surface area contributed by atoms with Gasteiger partial charge in [-0.05, 0) is 30.9 Å². The Labute approximate surface area is 108 Å². The molecule has 96 valence electrons. The second kappa shape index (κ2) is 5.71. The van der Waals surface area contributed by atoms with Gasteiger partial charge in [0.1, 0.15) is 0 Å². The van der Waals surface area contributed by atoms with E-state index in [0.29, 0.717) is 0 Å². The van der Waals surface area contributed by atoms with Crippen molar-refractivity contribution >= 4 is 22.1 Å². The molecule has 3 nitrogen and oxygen atoms in total. The van der Waals surface area contributed by atoms with E-state index in [4.69, 9.17) is 5.73 Å². The number of aromatic nitrogens is 1. The minimum atomic E-state index is 0.756. The summed E-state index contributed by atoms with van der Waals surface area (Å²) in [5, 5.41) is 5.57. The van der Waals surface area contributed by atoms with E-state index in [1.54, 1.807) is 6.20 Å². The number of benzene rings is 1. The van der Waals surface area contributed by atoms with Crippen LogP contribution in [0, 0.1) is 5.92 Å². The van der Waals surface area contributed by atoms with Crippen molar-refractivity contribution < 1.29 is 0 Å². The van der Waals surface area contributed by atoms with Crippen LogP contribution in [-0.4, -0.2) is 11.5 Å². The highest BCUT2D eigenvalue weighted by molar-refractivity contribution is 5.98. The molecule has 0 atom stereocenters. The van der Waals surface area contributed by atoms with Gasteiger partial charge in [-0.3, -0.25) is 4.98 Å². The molecule has 2 rings (SSSR count). The highest BCUT2D eigenvalue weighted by Crippen LogP contribution is 2.27. The van der Waals surface area contributed by atoms with Crippen molar-refractivity contribution in [2.24, 2.45) is 5.92 Å². The van der Waals surface area contributed by atoms with Gasteiger partial charge in [-0.25, -0.2) is 0 Å². The molecule has 0 aliphatic heterocycles. The third-order valence-corrected chi connectivity index (χ3v) is 3.14. The highest BCUT2D eigenvalue weighted by Gasteiger charge is 2.03. The molecular weight excluding hydrogens is 222 g/mol. The molecule has 0 fully saturated rings. The van der Waals surface area contributed by atoms with E-state index in [2.05, 4.69) is 30.2 Å². The average molecular weight is 243 g/mol. The quantitative estimate of drug-likeness (QED) is 0.622. The van der Waals surface area contributed by atoms with Crippen LogP contribution in [0.5, 0.6) is 0 Å². The number of nitrogens with zero attached hydrogens (tertiary/aromatic N) is 1. The van der Waals surface area contributed by atoms with Crippen molar-refractivity contribution in [3.05, 3.63) is 30.6 Å². The van der Waals surface area contributed by atoms with Crippen LogP contribution in [0.4, 0.5) is 11.4 Å². The van der Waals surface area contributed by atoms with Gasteiger partial charge in [0.05, 0.1) is 11.4 Å². The number of fused-ring (bicyclic) bond motifs is 1. The summed E-state index contributed by atoms with van der Waals surface area (Å²) in [5.41, 5.74) is 8.02. The third kappa shape index (κ3) is 2.92. The van der Waals surface area contributed by atoms with Crippen molar-refractivity contribution in [3.63, 3.8) is 0 Å². The Kier molecular flexibility index (Phi) is 4.03. The first-order chi connectivity index (χ1) is 8.68. The summed E-state index contributed by atoms with van der Waals surface area (Å²) in [6.45, 7) is 5.47. The summed E-state index contributed by atoms with van der Waals surface area (Å²) in [6.07, 6.45) is 6.03. The minimum absolute atomic E-state index is 0.756. The Morgan fingerprint density at radius 2 is 2.11 bits per heavy atom. The summed E-state index contributed by atoms with van der Waals surface area (Å²) in [7, 11) is 0.